The minimum atomic E-state index is -0.834. The van der Waals surface area contributed by atoms with Gasteiger partial charge in [-0.25, -0.2) is 0 Å². The van der Waals surface area contributed by atoms with Crippen molar-refractivity contribution in [1.29, 1.82) is 0 Å². The first kappa shape index (κ1) is 12.0. The molecule has 86 valence electrons. The Balaban J connectivity index is 2.79. The standard InChI is InChI=1S/C11H18O4/c1-2-4-7-8(10(12)13)5-3-6-9(7)11(14)15/h7-9H,2-6H2,1H3,(H,12,13)(H,14,15). The second-order valence-electron chi connectivity index (χ2n) is 4.27. The highest BCUT2D eigenvalue weighted by Gasteiger charge is 2.40. The van der Waals surface area contributed by atoms with Gasteiger partial charge in [0.1, 0.15) is 0 Å². The molecule has 0 amide bonds. The SMILES string of the molecule is CCCC1C(C(=O)O)CCCC1C(=O)O. The van der Waals surface area contributed by atoms with Crippen molar-refractivity contribution >= 4 is 11.9 Å². The van der Waals surface area contributed by atoms with Crippen molar-refractivity contribution in [1.82, 2.24) is 0 Å². The molecule has 1 aliphatic carbocycles. The zero-order valence-electron chi connectivity index (χ0n) is 8.98. The van der Waals surface area contributed by atoms with Crippen LogP contribution in [0, 0.1) is 17.8 Å². The summed E-state index contributed by atoms with van der Waals surface area (Å²) in [5.41, 5.74) is 0. The van der Waals surface area contributed by atoms with Gasteiger partial charge in [-0.15, -0.1) is 0 Å². The molecular formula is C11H18O4. The van der Waals surface area contributed by atoms with Crippen LogP contribution in [0.25, 0.3) is 0 Å². The average Bonchev–Trinajstić information content (AvgIpc) is 2.17. The number of carboxylic acids is 2. The van der Waals surface area contributed by atoms with E-state index in [1.54, 1.807) is 0 Å². The van der Waals surface area contributed by atoms with Gasteiger partial charge in [-0.05, 0) is 25.2 Å². The molecular weight excluding hydrogens is 196 g/mol. The number of aliphatic carboxylic acids is 2. The van der Waals surface area contributed by atoms with E-state index < -0.39 is 23.8 Å². The number of carboxylic acid groups (broad SMARTS) is 2. The normalized spacial score (nSPS) is 31.1. The van der Waals surface area contributed by atoms with Crippen LogP contribution in [-0.2, 0) is 9.59 Å². The van der Waals surface area contributed by atoms with E-state index in [1.165, 1.54) is 0 Å². The van der Waals surface area contributed by atoms with Gasteiger partial charge in [0.25, 0.3) is 0 Å². The van der Waals surface area contributed by atoms with Gasteiger partial charge in [-0.2, -0.15) is 0 Å². The molecule has 0 aromatic heterocycles. The fourth-order valence-corrected chi connectivity index (χ4v) is 2.62. The maximum Gasteiger partial charge on any atom is 0.306 e. The molecule has 0 heterocycles. The fraction of sp³-hybridized carbons (Fsp3) is 0.818. The third-order valence-electron chi connectivity index (χ3n) is 3.32. The van der Waals surface area contributed by atoms with Gasteiger partial charge in [0, 0.05) is 0 Å². The van der Waals surface area contributed by atoms with E-state index >= 15 is 0 Å². The van der Waals surface area contributed by atoms with Crippen molar-refractivity contribution in [3.05, 3.63) is 0 Å². The summed E-state index contributed by atoms with van der Waals surface area (Å²) in [6.45, 7) is 1.96. The Labute approximate surface area is 89.3 Å². The molecule has 2 unspecified atom stereocenters. The molecule has 1 aliphatic rings. The molecule has 4 heteroatoms. The molecule has 2 N–H and O–H groups in total. The van der Waals surface area contributed by atoms with E-state index in [-0.39, 0.29) is 5.92 Å². The highest BCUT2D eigenvalue weighted by molar-refractivity contribution is 5.75. The van der Waals surface area contributed by atoms with Crippen LogP contribution < -0.4 is 0 Å². The Kier molecular flexibility index (Phi) is 4.12. The van der Waals surface area contributed by atoms with Crippen LogP contribution in [0.3, 0.4) is 0 Å². The molecule has 0 aromatic rings. The van der Waals surface area contributed by atoms with Gasteiger partial charge in [0.2, 0.25) is 0 Å². The highest BCUT2D eigenvalue weighted by Crippen LogP contribution is 2.38. The summed E-state index contributed by atoms with van der Waals surface area (Å²) in [7, 11) is 0. The van der Waals surface area contributed by atoms with E-state index in [2.05, 4.69) is 0 Å². The first-order valence-corrected chi connectivity index (χ1v) is 5.53. The molecule has 0 bridgehead atoms. The first-order chi connectivity index (χ1) is 7.07. The van der Waals surface area contributed by atoms with Crippen LogP contribution in [0.5, 0.6) is 0 Å². The van der Waals surface area contributed by atoms with Crippen LogP contribution in [0.4, 0.5) is 0 Å². The second-order valence-corrected chi connectivity index (χ2v) is 4.27. The molecule has 0 aliphatic heterocycles. The molecule has 4 nitrogen and oxygen atoms in total. The zero-order valence-corrected chi connectivity index (χ0v) is 8.98. The molecule has 15 heavy (non-hydrogen) atoms. The lowest BCUT2D eigenvalue weighted by molar-refractivity contribution is -0.152. The molecule has 0 radical (unpaired) electrons. The lowest BCUT2D eigenvalue weighted by Gasteiger charge is -2.33. The van der Waals surface area contributed by atoms with Crippen LogP contribution in [-0.4, -0.2) is 22.2 Å². The van der Waals surface area contributed by atoms with Crippen molar-refractivity contribution < 1.29 is 19.8 Å². The van der Waals surface area contributed by atoms with Crippen molar-refractivity contribution in [3.8, 4) is 0 Å². The summed E-state index contributed by atoms with van der Waals surface area (Å²) in [5.74, 6) is -2.77. The van der Waals surface area contributed by atoms with Crippen molar-refractivity contribution in [3.63, 3.8) is 0 Å². The van der Waals surface area contributed by atoms with Gasteiger partial charge in [0.15, 0.2) is 0 Å². The van der Waals surface area contributed by atoms with Gasteiger partial charge < -0.3 is 10.2 Å². The third kappa shape index (κ3) is 2.70. The number of rotatable bonds is 4. The molecule has 1 fully saturated rings. The van der Waals surface area contributed by atoms with Crippen LogP contribution in [0.1, 0.15) is 39.0 Å². The number of carbonyl (C=O) groups is 2. The van der Waals surface area contributed by atoms with Crippen LogP contribution in [0.15, 0.2) is 0 Å². The van der Waals surface area contributed by atoms with E-state index in [0.29, 0.717) is 25.7 Å². The van der Waals surface area contributed by atoms with Gasteiger partial charge in [0.05, 0.1) is 11.8 Å². The zero-order chi connectivity index (χ0) is 11.4. The van der Waals surface area contributed by atoms with E-state index in [9.17, 15) is 9.59 Å². The van der Waals surface area contributed by atoms with Crippen LogP contribution >= 0.6 is 0 Å². The summed E-state index contributed by atoms with van der Waals surface area (Å²) in [6, 6.07) is 0. The van der Waals surface area contributed by atoms with Crippen LogP contribution in [0.2, 0.25) is 0 Å². The Morgan fingerprint density at radius 3 is 1.93 bits per heavy atom. The first-order valence-electron chi connectivity index (χ1n) is 5.53. The lowest BCUT2D eigenvalue weighted by atomic mass is 9.70. The minimum absolute atomic E-state index is 0.182. The Hall–Kier alpha value is -1.06. The number of hydrogen-bond donors (Lipinski definition) is 2. The van der Waals surface area contributed by atoms with Gasteiger partial charge in [-0.3, -0.25) is 9.59 Å². The fourth-order valence-electron chi connectivity index (χ4n) is 2.62. The summed E-state index contributed by atoms with van der Waals surface area (Å²) >= 11 is 0. The molecule has 2 atom stereocenters. The van der Waals surface area contributed by atoms with Crippen molar-refractivity contribution in [2.75, 3.05) is 0 Å². The lowest BCUT2D eigenvalue weighted by Crippen LogP contribution is -2.37. The second kappa shape index (κ2) is 5.14. The van der Waals surface area contributed by atoms with Crippen molar-refractivity contribution in [2.24, 2.45) is 17.8 Å². The molecule has 0 spiro atoms. The van der Waals surface area contributed by atoms with E-state index in [4.69, 9.17) is 10.2 Å². The summed E-state index contributed by atoms with van der Waals surface area (Å²) < 4.78 is 0. The summed E-state index contributed by atoms with van der Waals surface area (Å²) in [5, 5.41) is 18.1. The highest BCUT2D eigenvalue weighted by atomic mass is 16.4. The largest absolute Gasteiger partial charge is 0.481 e. The minimum Gasteiger partial charge on any atom is -0.481 e. The van der Waals surface area contributed by atoms with Gasteiger partial charge in [-0.1, -0.05) is 19.8 Å². The molecule has 1 rings (SSSR count). The van der Waals surface area contributed by atoms with E-state index in [0.717, 1.165) is 6.42 Å². The maximum atomic E-state index is 11.0. The molecule has 0 aromatic carbocycles. The Morgan fingerprint density at radius 1 is 1.13 bits per heavy atom. The Bertz CT molecular complexity index is 227. The third-order valence-corrected chi connectivity index (χ3v) is 3.32. The van der Waals surface area contributed by atoms with Gasteiger partial charge >= 0.3 is 11.9 Å². The molecule has 1 saturated carbocycles. The Morgan fingerprint density at radius 2 is 1.60 bits per heavy atom. The predicted molar refractivity (Wildman–Crippen MR) is 54.5 cm³/mol. The monoisotopic (exact) mass is 214 g/mol. The average molecular weight is 214 g/mol. The summed E-state index contributed by atoms with van der Waals surface area (Å²) in [6.07, 6.45) is 3.52. The maximum absolute atomic E-state index is 11.0. The quantitative estimate of drug-likeness (QED) is 0.750. The van der Waals surface area contributed by atoms with Crippen molar-refractivity contribution in [2.45, 2.75) is 39.0 Å². The van der Waals surface area contributed by atoms with E-state index in [1.807, 2.05) is 6.92 Å². The topological polar surface area (TPSA) is 74.6 Å². The summed E-state index contributed by atoms with van der Waals surface area (Å²) in [4.78, 5) is 22.0. The molecule has 0 saturated heterocycles. The smallest absolute Gasteiger partial charge is 0.306 e. The predicted octanol–water partition coefficient (Wildman–Crippen LogP) is 1.99. The number of hydrogen-bond acceptors (Lipinski definition) is 2.